The lowest BCUT2D eigenvalue weighted by atomic mass is 9.95. The van der Waals surface area contributed by atoms with Crippen LogP contribution in [0.25, 0.3) is 0 Å². The number of likely N-dealkylation sites (tertiary alicyclic amines) is 1. The largest absolute Gasteiger partial charge is 0.356 e. The van der Waals surface area contributed by atoms with Crippen LogP contribution >= 0.6 is 11.6 Å². The number of halogens is 2. The number of rotatable bonds is 5. The lowest BCUT2D eigenvalue weighted by Crippen LogP contribution is -2.43. The zero-order valence-electron chi connectivity index (χ0n) is 15.0. The maximum Gasteiger partial charge on any atom is 0.253 e. The number of nitrogens with zero attached hydrogens (tertiary/aromatic N) is 1. The monoisotopic (exact) mass is 388 g/mol. The zero-order valence-corrected chi connectivity index (χ0v) is 15.7. The third kappa shape index (κ3) is 5.30. The van der Waals surface area contributed by atoms with Crippen LogP contribution in [0.5, 0.6) is 0 Å². The minimum Gasteiger partial charge on any atom is -0.356 e. The van der Waals surface area contributed by atoms with Gasteiger partial charge in [-0.3, -0.25) is 9.59 Å². The molecule has 1 aliphatic heterocycles. The van der Waals surface area contributed by atoms with Gasteiger partial charge < -0.3 is 10.2 Å². The van der Waals surface area contributed by atoms with Crippen molar-refractivity contribution >= 4 is 23.4 Å². The van der Waals surface area contributed by atoms with Crippen molar-refractivity contribution in [3.8, 4) is 0 Å². The Morgan fingerprint density at radius 2 is 1.81 bits per heavy atom. The molecule has 27 heavy (non-hydrogen) atoms. The van der Waals surface area contributed by atoms with Crippen LogP contribution in [-0.4, -0.2) is 36.3 Å². The molecule has 1 fully saturated rings. The molecule has 0 unspecified atom stereocenters. The standard InChI is InChI=1S/C21H22ClFN2O2/c22-18-3-1-2-15(14-18)8-11-24-20(26)16-9-12-25(13-10-16)21(27)17-4-6-19(23)7-5-17/h1-7,14,16H,8-13H2,(H,24,26). The van der Waals surface area contributed by atoms with E-state index in [4.69, 9.17) is 11.6 Å². The molecule has 2 aromatic carbocycles. The fourth-order valence-corrected chi connectivity index (χ4v) is 3.50. The quantitative estimate of drug-likeness (QED) is 0.849. The van der Waals surface area contributed by atoms with Gasteiger partial charge in [0.25, 0.3) is 5.91 Å². The van der Waals surface area contributed by atoms with E-state index >= 15 is 0 Å². The third-order valence-electron chi connectivity index (χ3n) is 4.85. The van der Waals surface area contributed by atoms with Gasteiger partial charge in [-0.15, -0.1) is 0 Å². The van der Waals surface area contributed by atoms with E-state index < -0.39 is 0 Å². The Kier molecular flexibility index (Phi) is 6.45. The predicted molar refractivity (Wildman–Crippen MR) is 103 cm³/mol. The van der Waals surface area contributed by atoms with E-state index in [1.165, 1.54) is 24.3 Å². The molecule has 2 aromatic rings. The number of carbonyl (C=O) groups excluding carboxylic acids is 2. The number of carbonyl (C=O) groups is 2. The first kappa shape index (κ1) is 19.4. The van der Waals surface area contributed by atoms with Gasteiger partial charge in [-0.2, -0.15) is 0 Å². The molecule has 1 N–H and O–H groups in total. The predicted octanol–water partition coefficient (Wildman–Crippen LogP) is 3.69. The van der Waals surface area contributed by atoms with Gasteiger partial charge >= 0.3 is 0 Å². The third-order valence-corrected chi connectivity index (χ3v) is 5.08. The average Bonchev–Trinajstić information content (AvgIpc) is 2.68. The molecule has 1 saturated heterocycles. The van der Waals surface area contributed by atoms with Gasteiger partial charge in [-0.05, 0) is 61.2 Å². The van der Waals surface area contributed by atoms with E-state index in [-0.39, 0.29) is 23.5 Å². The second kappa shape index (κ2) is 9.00. The molecular weight excluding hydrogens is 367 g/mol. The van der Waals surface area contributed by atoms with E-state index in [0.29, 0.717) is 43.1 Å². The summed E-state index contributed by atoms with van der Waals surface area (Å²) in [5.74, 6) is -0.526. The number of benzene rings is 2. The smallest absolute Gasteiger partial charge is 0.253 e. The van der Waals surface area contributed by atoms with Crippen LogP contribution in [0.2, 0.25) is 5.02 Å². The summed E-state index contributed by atoms with van der Waals surface area (Å²) in [6.07, 6.45) is 2.00. The Hall–Kier alpha value is -2.40. The van der Waals surface area contributed by atoms with E-state index in [2.05, 4.69) is 5.32 Å². The second-order valence-corrected chi connectivity index (χ2v) is 7.18. The molecule has 0 aliphatic carbocycles. The molecule has 1 aliphatic rings. The zero-order chi connectivity index (χ0) is 19.2. The highest BCUT2D eigenvalue weighted by Gasteiger charge is 2.27. The van der Waals surface area contributed by atoms with Crippen molar-refractivity contribution in [2.75, 3.05) is 19.6 Å². The van der Waals surface area contributed by atoms with Gasteiger partial charge in [0.2, 0.25) is 5.91 Å². The van der Waals surface area contributed by atoms with Crippen molar-refractivity contribution in [2.45, 2.75) is 19.3 Å². The Morgan fingerprint density at radius 3 is 2.48 bits per heavy atom. The van der Waals surface area contributed by atoms with E-state index in [0.717, 1.165) is 12.0 Å². The molecular formula is C21H22ClFN2O2. The summed E-state index contributed by atoms with van der Waals surface area (Å²) in [6, 6.07) is 13.2. The summed E-state index contributed by atoms with van der Waals surface area (Å²) >= 11 is 5.96. The molecule has 0 atom stereocenters. The Balaban J connectivity index is 1.43. The average molecular weight is 389 g/mol. The Morgan fingerprint density at radius 1 is 1.11 bits per heavy atom. The summed E-state index contributed by atoms with van der Waals surface area (Å²) in [7, 11) is 0. The molecule has 0 aromatic heterocycles. The first-order chi connectivity index (χ1) is 13.0. The van der Waals surface area contributed by atoms with Crippen LogP contribution in [0, 0.1) is 11.7 Å². The van der Waals surface area contributed by atoms with Crippen molar-refractivity contribution in [3.63, 3.8) is 0 Å². The fraction of sp³-hybridized carbons (Fsp3) is 0.333. The lowest BCUT2D eigenvalue weighted by Gasteiger charge is -2.31. The van der Waals surface area contributed by atoms with Crippen molar-refractivity contribution < 1.29 is 14.0 Å². The van der Waals surface area contributed by atoms with Crippen molar-refractivity contribution in [3.05, 3.63) is 70.5 Å². The summed E-state index contributed by atoms with van der Waals surface area (Å²) < 4.78 is 13.0. The molecule has 0 radical (unpaired) electrons. The summed E-state index contributed by atoms with van der Waals surface area (Å²) in [4.78, 5) is 26.5. The minimum absolute atomic E-state index is 0.0332. The maximum atomic E-state index is 13.0. The first-order valence-corrected chi connectivity index (χ1v) is 9.48. The van der Waals surface area contributed by atoms with E-state index in [1.807, 2.05) is 24.3 Å². The number of hydrogen-bond acceptors (Lipinski definition) is 2. The van der Waals surface area contributed by atoms with Gasteiger partial charge in [0.15, 0.2) is 0 Å². The van der Waals surface area contributed by atoms with Crippen LogP contribution < -0.4 is 5.32 Å². The molecule has 3 rings (SSSR count). The molecule has 4 nitrogen and oxygen atoms in total. The summed E-state index contributed by atoms with van der Waals surface area (Å²) in [5, 5.41) is 3.67. The summed E-state index contributed by atoms with van der Waals surface area (Å²) in [5.41, 5.74) is 1.56. The van der Waals surface area contributed by atoms with Crippen LogP contribution in [-0.2, 0) is 11.2 Å². The molecule has 0 bridgehead atoms. The normalized spacial score (nSPS) is 14.8. The lowest BCUT2D eigenvalue weighted by molar-refractivity contribution is -0.126. The van der Waals surface area contributed by atoms with Crippen molar-refractivity contribution in [1.82, 2.24) is 10.2 Å². The van der Waals surface area contributed by atoms with Gasteiger partial charge in [0.05, 0.1) is 0 Å². The highest BCUT2D eigenvalue weighted by atomic mass is 35.5. The molecule has 1 heterocycles. The minimum atomic E-state index is -0.361. The second-order valence-electron chi connectivity index (χ2n) is 6.74. The Bertz CT molecular complexity index is 802. The van der Waals surface area contributed by atoms with E-state index in [9.17, 15) is 14.0 Å². The Labute approximate surface area is 163 Å². The number of piperidine rings is 1. The highest BCUT2D eigenvalue weighted by molar-refractivity contribution is 6.30. The number of hydrogen-bond donors (Lipinski definition) is 1. The molecule has 0 saturated carbocycles. The van der Waals surface area contributed by atoms with Crippen LogP contribution in [0.3, 0.4) is 0 Å². The van der Waals surface area contributed by atoms with Crippen LogP contribution in [0.1, 0.15) is 28.8 Å². The molecule has 2 amide bonds. The maximum absolute atomic E-state index is 13.0. The number of nitrogens with one attached hydrogen (secondary N) is 1. The van der Waals surface area contributed by atoms with Gasteiger partial charge in [-0.1, -0.05) is 23.7 Å². The SMILES string of the molecule is O=C(NCCc1cccc(Cl)c1)C1CCN(C(=O)c2ccc(F)cc2)CC1. The number of amides is 2. The van der Waals surface area contributed by atoms with Gasteiger partial charge in [-0.25, -0.2) is 4.39 Å². The highest BCUT2D eigenvalue weighted by Crippen LogP contribution is 2.19. The first-order valence-electron chi connectivity index (χ1n) is 9.10. The van der Waals surface area contributed by atoms with E-state index in [1.54, 1.807) is 4.90 Å². The molecule has 6 heteroatoms. The molecule has 142 valence electrons. The van der Waals surface area contributed by atoms with Crippen LogP contribution in [0.4, 0.5) is 4.39 Å². The molecule has 0 spiro atoms. The topological polar surface area (TPSA) is 49.4 Å². The fourth-order valence-electron chi connectivity index (χ4n) is 3.29. The van der Waals surface area contributed by atoms with Crippen LogP contribution in [0.15, 0.2) is 48.5 Å². The van der Waals surface area contributed by atoms with Crippen molar-refractivity contribution in [1.29, 1.82) is 0 Å². The van der Waals surface area contributed by atoms with Gasteiger partial charge in [0.1, 0.15) is 5.82 Å². The summed E-state index contributed by atoms with van der Waals surface area (Å²) in [6.45, 7) is 1.62. The van der Waals surface area contributed by atoms with Gasteiger partial charge in [0, 0.05) is 36.1 Å². The van der Waals surface area contributed by atoms with Crippen molar-refractivity contribution in [2.24, 2.45) is 5.92 Å².